The van der Waals surface area contributed by atoms with Crippen molar-refractivity contribution in [1.82, 2.24) is 0 Å². The van der Waals surface area contributed by atoms with Gasteiger partial charge in [0.25, 0.3) is 11.8 Å². The van der Waals surface area contributed by atoms with Crippen molar-refractivity contribution >= 4 is 34.1 Å². The molecule has 3 rings (SSSR count). The Kier molecular flexibility index (Phi) is 5.41. The van der Waals surface area contributed by atoms with Crippen LogP contribution in [0.3, 0.4) is 0 Å². The number of carbonyl (C=O) groups excluding carboxylic acids is 3. The standard InChI is InChI=1S/C18H20N2O5S/c1-10(25-14(21)8-7-11-4-3-9-24-11)17(23)20-18-15(16(19)22)12-5-2-6-13(12)26-18/h3-4,9-10H,2,5-8H2,1H3,(H2,19,22)(H,20,23)/t10-/m0/s1. The minimum atomic E-state index is -0.975. The van der Waals surface area contributed by atoms with Gasteiger partial charge in [0, 0.05) is 11.3 Å². The Balaban J connectivity index is 1.57. The molecule has 8 heteroatoms. The first-order valence-corrected chi connectivity index (χ1v) is 9.24. The molecule has 7 nitrogen and oxygen atoms in total. The molecule has 0 spiro atoms. The summed E-state index contributed by atoms with van der Waals surface area (Å²) in [6.45, 7) is 1.49. The summed E-state index contributed by atoms with van der Waals surface area (Å²) in [6, 6.07) is 3.51. The third kappa shape index (κ3) is 3.96. The molecule has 0 aromatic carbocycles. The quantitative estimate of drug-likeness (QED) is 0.721. The lowest BCUT2D eigenvalue weighted by atomic mass is 10.1. The zero-order chi connectivity index (χ0) is 18.7. The van der Waals surface area contributed by atoms with E-state index in [9.17, 15) is 14.4 Å². The molecule has 2 aromatic rings. The highest BCUT2D eigenvalue weighted by molar-refractivity contribution is 7.17. The maximum Gasteiger partial charge on any atom is 0.307 e. The van der Waals surface area contributed by atoms with Crippen LogP contribution < -0.4 is 11.1 Å². The number of hydrogen-bond donors (Lipinski definition) is 2. The van der Waals surface area contributed by atoms with Gasteiger partial charge in [-0.15, -0.1) is 11.3 Å². The van der Waals surface area contributed by atoms with Crippen LogP contribution in [0.4, 0.5) is 5.00 Å². The Morgan fingerprint density at radius 1 is 1.38 bits per heavy atom. The van der Waals surface area contributed by atoms with E-state index in [0.29, 0.717) is 22.7 Å². The highest BCUT2D eigenvalue weighted by atomic mass is 32.1. The highest BCUT2D eigenvalue weighted by Crippen LogP contribution is 2.38. The normalized spacial score (nSPS) is 13.9. The molecule has 1 aliphatic carbocycles. The molecule has 0 saturated heterocycles. The van der Waals surface area contributed by atoms with Crippen LogP contribution >= 0.6 is 11.3 Å². The third-order valence-electron chi connectivity index (χ3n) is 4.24. The predicted octanol–water partition coefficient (Wildman–Crippen LogP) is 2.43. The van der Waals surface area contributed by atoms with Crippen molar-refractivity contribution in [3.8, 4) is 0 Å². The van der Waals surface area contributed by atoms with Crippen LogP contribution in [-0.2, 0) is 33.6 Å². The molecule has 3 N–H and O–H groups in total. The Morgan fingerprint density at radius 2 is 2.19 bits per heavy atom. The van der Waals surface area contributed by atoms with E-state index in [1.54, 1.807) is 12.1 Å². The molecule has 0 radical (unpaired) electrons. The smallest absolute Gasteiger partial charge is 0.307 e. The first-order valence-electron chi connectivity index (χ1n) is 8.42. The van der Waals surface area contributed by atoms with E-state index in [1.807, 2.05) is 0 Å². The number of fused-ring (bicyclic) bond motifs is 1. The Morgan fingerprint density at radius 3 is 2.88 bits per heavy atom. The lowest BCUT2D eigenvalue weighted by Crippen LogP contribution is -2.30. The molecule has 0 saturated carbocycles. The Bertz CT molecular complexity index is 825. The van der Waals surface area contributed by atoms with E-state index in [-0.39, 0.29) is 6.42 Å². The summed E-state index contributed by atoms with van der Waals surface area (Å²) < 4.78 is 10.3. The number of ether oxygens (including phenoxy) is 1. The summed E-state index contributed by atoms with van der Waals surface area (Å²) in [6.07, 6.45) is 3.74. The predicted molar refractivity (Wildman–Crippen MR) is 96.1 cm³/mol. The number of aryl methyl sites for hydroxylation is 2. The van der Waals surface area contributed by atoms with Gasteiger partial charge in [0.2, 0.25) is 0 Å². The second-order valence-electron chi connectivity index (χ2n) is 6.13. The molecule has 26 heavy (non-hydrogen) atoms. The van der Waals surface area contributed by atoms with Crippen molar-refractivity contribution in [3.05, 3.63) is 40.2 Å². The van der Waals surface area contributed by atoms with Crippen molar-refractivity contribution < 1.29 is 23.5 Å². The molecule has 2 amide bonds. The lowest BCUT2D eigenvalue weighted by molar-refractivity contribution is -0.153. The van der Waals surface area contributed by atoms with Gasteiger partial charge in [-0.2, -0.15) is 0 Å². The fourth-order valence-corrected chi connectivity index (χ4v) is 4.25. The SMILES string of the molecule is C[C@H](OC(=O)CCc1ccco1)C(=O)Nc1sc2c(c1C(N)=O)CCC2. The fourth-order valence-electron chi connectivity index (χ4n) is 2.96. The number of rotatable bonds is 7. The highest BCUT2D eigenvalue weighted by Gasteiger charge is 2.27. The maximum absolute atomic E-state index is 12.3. The van der Waals surface area contributed by atoms with Crippen molar-refractivity contribution in [3.63, 3.8) is 0 Å². The Labute approximate surface area is 154 Å². The van der Waals surface area contributed by atoms with E-state index >= 15 is 0 Å². The molecule has 2 aromatic heterocycles. The number of nitrogens with one attached hydrogen (secondary N) is 1. The van der Waals surface area contributed by atoms with E-state index in [2.05, 4.69) is 5.32 Å². The van der Waals surface area contributed by atoms with Gasteiger partial charge >= 0.3 is 5.97 Å². The maximum atomic E-state index is 12.3. The fraction of sp³-hybridized carbons (Fsp3) is 0.389. The van der Waals surface area contributed by atoms with Gasteiger partial charge < -0.3 is 20.2 Å². The monoisotopic (exact) mass is 376 g/mol. The van der Waals surface area contributed by atoms with Gasteiger partial charge in [0.1, 0.15) is 10.8 Å². The molecule has 1 aliphatic rings. The number of nitrogens with two attached hydrogens (primary N) is 1. The van der Waals surface area contributed by atoms with Crippen molar-refractivity contribution in [2.45, 2.75) is 45.1 Å². The second-order valence-corrected chi connectivity index (χ2v) is 7.23. The number of hydrogen-bond acceptors (Lipinski definition) is 6. The summed E-state index contributed by atoms with van der Waals surface area (Å²) in [4.78, 5) is 37.0. The summed E-state index contributed by atoms with van der Waals surface area (Å²) in [5.41, 5.74) is 6.79. The van der Waals surface area contributed by atoms with Crippen molar-refractivity contribution in [2.24, 2.45) is 5.73 Å². The topological polar surface area (TPSA) is 112 Å². The molecule has 2 heterocycles. The van der Waals surface area contributed by atoms with Gasteiger partial charge in [-0.05, 0) is 43.9 Å². The number of primary amides is 1. The lowest BCUT2D eigenvalue weighted by Gasteiger charge is -2.13. The first kappa shape index (κ1) is 18.2. The molecule has 0 fully saturated rings. The first-order chi connectivity index (χ1) is 12.5. The van der Waals surface area contributed by atoms with Gasteiger partial charge in [-0.25, -0.2) is 0 Å². The number of anilines is 1. The third-order valence-corrected chi connectivity index (χ3v) is 5.44. The van der Waals surface area contributed by atoms with E-state index in [1.165, 1.54) is 24.5 Å². The van der Waals surface area contributed by atoms with Crippen LogP contribution in [0.25, 0.3) is 0 Å². The molecule has 0 unspecified atom stereocenters. The molecule has 1 atom stereocenters. The average Bonchev–Trinajstić information content (AvgIpc) is 3.29. The van der Waals surface area contributed by atoms with Gasteiger partial charge in [0.05, 0.1) is 18.2 Å². The van der Waals surface area contributed by atoms with Gasteiger partial charge in [-0.3, -0.25) is 14.4 Å². The van der Waals surface area contributed by atoms with Crippen molar-refractivity contribution in [2.75, 3.05) is 5.32 Å². The molecule has 138 valence electrons. The van der Waals surface area contributed by atoms with Gasteiger partial charge in [0.15, 0.2) is 6.10 Å². The summed E-state index contributed by atoms with van der Waals surface area (Å²) in [5.74, 6) is -0.854. The minimum absolute atomic E-state index is 0.116. The number of esters is 1. The number of carbonyl (C=O) groups is 3. The van der Waals surface area contributed by atoms with Crippen LogP contribution in [0.15, 0.2) is 22.8 Å². The zero-order valence-corrected chi connectivity index (χ0v) is 15.2. The minimum Gasteiger partial charge on any atom is -0.469 e. The molecule has 0 aliphatic heterocycles. The molecular weight excluding hydrogens is 356 g/mol. The van der Waals surface area contributed by atoms with E-state index < -0.39 is 23.9 Å². The van der Waals surface area contributed by atoms with Crippen LogP contribution in [0, 0.1) is 0 Å². The second kappa shape index (κ2) is 7.74. The summed E-state index contributed by atoms with van der Waals surface area (Å²) >= 11 is 1.36. The van der Waals surface area contributed by atoms with E-state index in [4.69, 9.17) is 14.9 Å². The van der Waals surface area contributed by atoms with Crippen LogP contribution in [0.1, 0.15) is 46.3 Å². The number of amides is 2. The summed E-state index contributed by atoms with van der Waals surface area (Å²) in [5, 5.41) is 3.11. The van der Waals surface area contributed by atoms with Crippen LogP contribution in [-0.4, -0.2) is 23.9 Å². The summed E-state index contributed by atoms with van der Waals surface area (Å²) in [7, 11) is 0. The molecular formula is C18H20N2O5S. The average molecular weight is 376 g/mol. The van der Waals surface area contributed by atoms with Gasteiger partial charge in [-0.1, -0.05) is 0 Å². The largest absolute Gasteiger partial charge is 0.469 e. The molecule has 0 bridgehead atoms. The number of thiophene rings is 1. The van der Waals surface area contributed by atoms with Crippen LogP contribution in [0.2, 0.25) is 0 Å². The Hall–Kier alpha value is -2.61. The van der Waals surface area contributed by atoms with Crippen molar-refractivity contribution in [1.29, 1.82) is 0 Å². The number of furan rings is 1. The zero-order valence-electron chi connectivity index (χ0n) is 14.4. The van der Waals surface area contributed by atoms with E-state index in [0.717, 1.165) is 29.7 Å². The van der Waals surface area contributed by atoms with Crippen LogP contribution in [0.5, 0.6) is 0 Å².